The van der Waals surface area contributed by atoms with Crippen LogP contribution in [-0.2, 0) is 37.9 Å². The number of hydrogen-bond donors (Lipinski definition) is 8. The molecule has 740 valence electrons. The first-order valence-electron chi connectivity index (χ1n) is 57.0. The quantitative estimate of drug-likeness (QED) is 0.0270. The molecule has 5 saturated heterocycles. The van der Waals surface area contributed by atoms with Crippen LogP contribution in [0, 0.1) is 71.0 Å². The molecule has 5 heterocycles. The van der Waals surface area contributed by atoms with Crippen LogP contribution >= 0.6 is 0 Å². The van der Waals surface area contributed by atoms with Gasteiger partial charge in [-0.25, -0.2) is 0 Å². The second-order valence-corrected chi connectivity index (χ2v) is 43.0. The normalized spacial score (nSPS) is 30.0. The minimum Gasteiger partial charge on any atom is -0.382 e. The average Bonchev–Trinajstić information content (AvgIpc) is 1.59. The average molecular weight is 1770 g/mol. The highest BCUT2D eigenvalue weighted by Crippen LogP contribution is 2.52. The summed E-state index contributed by atoms with van der Waals surface area (Å²) in [6.07, 6.45) is 99.7. The summed E-state index contributed by atoms with van der Waals surface area (Å²) in [6, 6.07) is 0. The summed E-state index contributed by atoms with van der Waals surface area (Å²) in [4.78, 5) is 0. The van der Waals surface area contributed by atoms with Crippen LogP contribution in [0.4, 0.5) is 0 Å². The Bertz CT molecular complexity index is 2330. The number of ether oxygens (including phenoxy) is 8. The van der Waals surface area contributed by atoms with E-state index < -0.39 is 0 Å². The summed E-state index contributed by atoms with van der Waals surface area (Å²) in [5, 5.41) is 37.0. The second kappa shape index (κ2) is 70.9. The van der Waals surface area contributed by atoms with Crippen molar-refractivity contribution in [1.29, 1.82) is 0 Å². The molecule has 16 nitrogen and oxygen atoms in total. The van der Waals surface area contributed by atoms with Gasteiger partial charge in [-0.15, -0.1) is 0 Å². The first kappa shape index (κ1) is 109. The van der Waals surface area contributed by atoms with Gasteiger partial charge in [0.1, 0.15) is 0 Å². The van der Waals surface area contributed by atoms with E-state index in [4.69, 9.17) is 37.9 Å². The Morgan fingerprint density at radius 2 is 0.341 bits per heavy atom. The van der Waals surface area contributed by atoms with Crippen LogP contribution in [0.3, 0.4) is 0 Å². The monoisotopic (exact) mass is 1770 g/mol. The Labute approximate surface area is 779 Å². The largest absolute Gasteiger partial charge is 0.382 e. The molecule has 22 unspecified atom stereocenters. The predicted octanol–water partition coefficient (Wildman–Crippen LogP) is 26.3. The molecule has 16 heteroatoms. The topological polar surface area (TPSA) is 170 Å². The van der Waals surface area contributed by atoms with Crippen molar-refractivity contribution >= 4 is 0 Å². The molecule has 8 bridgehead atoms. The molecular weight excluding hydrogens is 1560 g/mol. The van der Waals surface area contributed by atoms with E-state index in [-0.39, 0.29) is 61.5 Å². The Balaban J connectivity index is 0.939. The Morgan fingerprint density at radius 3 is 0.540 bits per heavy atom. The van der Waals surface area contributed by atoms with Gasteiger partial charge in [0.25, 0.3) is 0 Å². The van der Waals surface area contributed by atoms with Crippen molar-refractivity contribution in [2.24, 2.45) is 71.0 Å². The highest BCUT2D eigenvalue weighted by atomic mass is 16.6. The van der Waals surface area contributed by atoms with E-state index in [0.29, 0.717) is 127 Å². The molecule has 22 atom stereocenters. The van der Waals surface area contributed by atoms with Gasteiger partial charge in [0.05, 0.1) is 141 Å². The summed E-state index contributed by atoms with van der Waals surface area (Å²) in [5.74, 6) is 7.31. The summed E-state index contributed by atoms with van der Waals surface area (Å²) < 4.78 is 48.3. The Morgan fingerprint density at radius 1 is 0.175 bits per heavy atom. The molecule has 8 N–H and O–H groups in total. The molecule has 4 aliphatic carbocycles. The number of fused-ring (bicyclic) bond motifs is 20. The molecule has 0 aromatic carbocycles. The van der Waals surface area contributed by atoms with Crippen molar-refractivity contribution in [3.63, 3.8) is 0 Å². The van der Waals surface area contributed by atoms with Crippen molar-refractivity contribution < 1.29 is 37.9 Å². The maximum Gasteiger partial charge on any atom is 0.0704 e. The number of rotatable bonds is 80. The van der Waals surface area contributed by atoms with Gasteiger partial charge >= 0.3 is 0 Å². The third-order valence-electron chi connectivity index (χ3n) is 33.3. The summed E-state index contributed by atoms with van der Waals surface area (Å²) in [7, 11) is 3.47. The third-order valence-corrected chi connectivity index (χ3v) is 33.3. The van der Waals surface area contributed by atoms with Crippen LogP contribution in [0.1, 0.15) is 477 Å². The summed E-state index contributed by atoms with van der Waals surface area (Å²) in [5.41, 5.74) is 0. The van der Waals surface area contributed by atoms with Gasteiger partial charge in [0.15, 0.2) is 0 Å². The lowest BCUT2D eigenvalue weighted by molar-refractivity contribution is -0.0406. The highest BCUT2D eigenvalue weighted by molar-refractivity contribution is 5.11. The van der Waals surface area contributed by atoms with E-state index >= 15 is 0 Å². The van der Waals surface area contributed by atoms with Crippen molar-refractivity contribution in [1.82, 2.24) is 42.5 Å². The van der Waals surface area contributed by atoms with Crippen LogP contribution in [-0.4, -0.2) is 155 Å². The van der Waals surface area contributed by atoms with Crippen molar-refractivity contribution in [2.45, 2.75) is 539 Å². The zero-order valence-corrected chi connectivity index (χ0v) is 84.0. The second-order valence-electron chi connectivity index (χ2n) is 43.0. The van der Waals surface area contributed by atoms with Crippen molar-refractivity contribution in [3.05, 3.63) is 0 Å². The summed E-state index contributed by atoms with van der Waals surface area (Å²) in [6.45, 7) is 16.6. The fraction of sp³-hybridized carbons (Fsp3) is 1.00. The fourth-order valence-corrected chi connectivity index (χ4v) is 25.9. The standard InChI is InChI=1S/C110H212N8O8/c1-7-11-15-19-23-27-31-35-39-43-47-51-55-59-63-89-83-97-99(85-91(89)65-61-57-53-49-45-41-37-33-29-25-21-17-13-9-3)107-115-105(97)111-103-95-69-67-93(125-81-79-123-77-75-121-73-71-119-5)87-101(95)110(113-103)118-108-100-86-92(66-62-58-54-50-46-42-38-34-30-26-22-18-14-10-4)90(64-60-56-52-48-44-40-36-32-28-24-20-16-12-8-2)84-98(100)106(116-108)112-104-96-70-68-94(88-102(96)109(114-104)117-107)126-82-80-124-78-76-122-74-72-120-6/h89-118H,7-88H2,1-6H3. The van der Waals surface area contributed by atoms with E-state index in [9.17, 15) is 0 Å². The number of methoxy groups -OCH3 is 2. The van der Waals surface area contributed by atoms with Crippen LogP contribution < -0.4 is 42.5 Å². The lowest BCUT2D eigenvalue weighted by Gasteiger charge is -2.43. The minimum absolute atomic E-state index is 0.176. The zero-order chi connectivity index (χ0) is 88.0. The fourth-order valence-electron chi connectivity index (χ4n) is 25.9. The molecule has 9 rings (SSSR count). The van der Waals surface area contributed by atoms with Gasteiger partial charge in [0, 0.05) is 14.2 Å². The molecule has 9 fully saturated rings. The van der Waals surface area contributed by atoms with Crippen LogP contribution in [0.2, 0.25) is 0 Å². The summed E-state index contributed by atoms with van der Waals surface area (Å²) >= 11 is 0. The SMILES string of the molecule is CCCCCCCCCCCCCCCCC1CC2C3NC4NC(NC5NC(NC6NC(NC(N3)C2CC1CCCCCCCCCCCCCCCC)C1CC(OCCOCCOCCOC)CCC61)C1CC(CCCCCCCCCCCCCCCC)C(CCCCCCCCCCCCCCCC)CC51)C1CC(OCCOCCOCCOC)CCC41. The first-order chi connectivity index (χ1) is 62.4. The van der Waals surface area contributed by atoms with Gasteiger partial charge < -0.3 is 37.9 Å². The molecule has 9 aliphatic rings. The molecule has 0 amide bonds. The minimum atomic E-state index is 0.176. The highest BCUT2D eigenvalue weighted by Gasteiger charge is 2.58. The molecule has 5 aliphatic heterocycles. The maximum atomic E-state index is 6.96. The maximum absolute atomic E-state index is 6.96. The third kappa shape index (κ3) is 43.0. The molecule has 0 radical (unpaired) electrons. The molecule has 126 heavy (non-hydrogen) atoms. The lowest BCUT2D eigenvalue weighted by atomic mass is 9.65. The van der Waals surface area contributed by atoms with E-state index in [0.717, 1.165) is 49.4 Å². The van der Waals surface area contributed by atoms with Gasteiger partial charge in [-0.2, -0.15) is 0 Å². The molecule has 0 aromatic rings. The molecule has 0 aromatic heterocycles. The van der Waals surface area contributed by atoms with Crippen LogP contribution in [0.25, 0.3) is 0 Å². The van der Waals surface area contributed by atoms with E-state index in [1.807, 2.05) is 0 Å². The number of nitrogens with one attached hydrogen (secondary N) is 8. The zero-order valence-electron chi connectivity index (χ0n) is 84.0. The van der Waals surface area contributed by atoms with Gasteiger partial charge in [-0.1, -0.05) is 413 Å². The molecule has 4 saturated carbocycles. The van der Waals surface area contributed by atoms with E-state index in [1.165, 1.54) is 424 Å². The van der Waals surface area contributed by atoms with E-state index in [1.54, 1.807) is 14.2 Å². The van der Waals surface area contributed by atoms with Gasteiger partial charge in [0.2, 0.25) is 0 Å². The number of hydrogen-bond acceptors (Lipinski definition) is 16. The van der Waals surface area contributed by atoms with Gasteiger partial charge in [-0.05, 0) is 135 Å². The van der Waals surface area contributed by atoms with Crippen molar-refractivity contribution in [3.8, 4) is 0 Å². The predicted molar refractivity (Wildman–Crippen MR) is 530 cm³/mol. The number of unbranched alkanes of at least 4 members (excludes halogenated alkanes) is 52. The Kier molecular flexibility index (Phi) is 61.4. The molecular formula is C110H212N8O8. The lowest BCUT2D eigenvalue weighted by Crippen LogP contribution is -2.61. The van der Waals surface area contributed by atoms with Crippen LogP contribution in [0.15, 0.2) is 0 Å². The van der Waals surface area contributed by atoms with Gasteiger partial charge in [-0.3, -0.25) is 42.5 Å². The van der Waals surface area contributed by atoms with E-state index in [2.05, 4.69) is 70.2 Å². The Hall–Kier alpha value is -0.640. The first-order valence-corrected chi connectivity index (χ1v) is 57.0. The van der Waals surface area contributed by atoms with Crippen molar-refractivity contribution in [2.75, 3.05) is 93.5 Å². The smallest absolute Gasteiger partial charge is 0.0704 e. The molecule has 0 spiro atoms. The van der Waals surface area contributed by atoms with Crippen LogP contribution in [0.5, 0.6) is 0 Å².